The Kier molecular flexibility index (Phi) is 3.80. The van der Waals surface area contributed by atoms with Crippen molar-refractivity contribution in [2.24, 2.45) is 0 Å². The highest BCUT2D eigenvalue weighted by molar-refractivity contribution is 6.17. The molecule has 1 radical (unpaired) electrons. The summed E-state index contributed by atoms with van der Waals surface area (Å²) < 4.78 is 10.0. The lowest BCUT2D eigenvalue weighted by Gasteiger charge is -1.96. The van der Waals surface area contributed by atoms with Crippen LogP contribution in [0.1, 0.15) is 25.7 Å². The van der Waals surface area contributed by atoms with Gasteiger partial charge in [0.2, 0.25) is 0 Å². The van der Waals surface area contributed by atoms with Crippen molar-refractivity contribution in [3.05, 3.63) is 0 Å². The molecule has 1 rings (SSSR count). The Bertz CT molecular complexity index is 39.5. The fourth-order valence-corrected chi connectivity index (χ4v) is 0.869. The summed E-state index contributed by atoms with van der Waals surface area (Å²) in [6.45, 7) is 1.64. The van der Waals surface area contributed by atoms with Gasteiger partial charge in [-0.1, -0.05) is 12.8 Å². The predicted molar refractivity (Wildman–Crippen MR) is 36.1 cm³/mol. The van der Waals surface area contributed by atoms with Crippen molar-refractivity contribution in [2.45, 2.75) is 25.7 Å². The van der Waals surface area contributed by atoms with Gasteiger partial charge >= 0.3 is 7.69 Å². The molecule has 0 aliphatic carbocycles. The molecule has 1 fully saturated rings. The van der Waals surface area contributed by atoms with Crippen LogP contribution in [0, 0.1) is 0 Å². The first-order chi connectivity index (χ1) is 4.50. The highest BCUT2D eigenvalue weighted by Crippen LogP contribution is 2.02. The third-order valence-electron chi connectivity index (χ3n) is 1.41. The van der Waals surface area contributed by atoms with Crippen molar-refractivity contribution in [2.75, 3.05) is 13.2 Å². The standard InChI is InChI=1S/C6H12BO2/c1-2-4-6-9-7-8-5-3-1/h1-6H2. The van der Waals surface area contributed by atoms with Gasteiger partial charge in [0.25, 0.3) is 0 Å². The van der Waals surface area contributed by atoms with Crippen molar-refractivity contribution in [3.63, 3.8) is 0 Å². The second-order valence-electron chi connectivity index (χ2n) is 2.25. The van der Waals surface area contributed by atoms with Crippen LogP contribution in [0.3, 0.4) is 0 Å². The molecule has 0 atom stereocenters. The quantitative estimate of drug-likeness (QED) is 0.454. The molecule has 0 aromatic carbocycles. The zero-order chi connectivity index (χ0) is 6.36. The maximum absolute atomic E-state index is 5.01. The Morgan fingerprint density at radius 3 is 1.89 bits per heavy atom. The molecule has 9 heavy (non-hydrogen) atoms. The molecule has 1 saturated heterocycles. The Balaban J connectivity index is 2.02. The molecule has 0 bridgehead atoms. The zero-order valence-electron chi connectivity index (χ0n) is 5.64. The first kappa shape index (κ1) is 7.10. The van der Waals surface area contributed by atoms with Gasteiger partial charge in [0, 0.05) is 13.2 Å². The molecule has 2 nitrogen and oxygen atoms in total. The van der Waals surface area contributed by atoms with E-state index in [0.29, 0.717) is 0 Å². The summed E-state index contributed by atoms with van der Waals surface area (Å²) >= 11 is 0. The lowest BCUT2D eigenvalue weighted by Crippen LogP contribution is -2.04. The maximum atomic E-state index is 5.01. The van der Waals surface area contributed by atoms with E-state index in [1.807, 2.05) is 0 Å². The molecule has 0 aromatic heterocycles. The Morgan fingerprint density at radius 2 is 1.33 bits per heavy atom. The summed E-state index contributed by atoms with van der Waals surface area (Å²) in [4.78, 5) is 0. The van der Waals surface area contributed by atoms with Crippen molar-refractivity contribution in [3.8, 4) is 0 Å². The van der Waals surface area contributed by atoms with E-state index < -0.39 is 0 Å². The van der Waals surface area contributed by atoms with Crippen LogP contribution in [-0.4, -0.2) is 20.9 Å². The van der Waals surface area contributed by atoms with Gasteiger partial charge in [0.05, 0.1) is 0 Å². The topological polar surface area (TPSA) is 18.5 Å². The van der Waals surface area contributed by atoms with E-state index >= 15 is 0 Å². The van der Waals surface area contributed by atoms with E-state index in [9.17, 15) is 0 Å². The van der Waals surface area contributed by atoms with Crippen LogP contribution in [0.5, 0.6) is 0 Å². The Labute approximate surface area is 56.8 Å². The molecule has 1 aliphatic heterocycles. The largest absolute Gasteiger partial charge is 0.487 e. The summed E-state index contributed by atoms with van der Waals surface area (Å²) in [5.41, 5.74) is 0. The Hall–Kier alpha value is -0.0151. The minimum absolute atomic E-state index is 0.819. The summed E-state index contributed by atoms with van der Waals surface area (Å²) in [7, 11) is 1.46. The third kappa shape index (κ3) is 3.54. The van der Waals surface area contributed by atoms with Crippen LogP contribution in [0.15, 0.2) is 0 Å². The number of rotatable bonds is 0. The van der Waals surface area contributed by atoms with E-state index in [1.165, 1.54) is 33.4 Å². The van der Waals surface area contributed by atoms with Gasteiger partial charge in [0.1, 0.15) is 0 Å². The van der Waals surface area contributed by atoms with E-state index in [0.717, 1.165) is 13.2 Å². The van der Waals surface area contributed by atoms with Gasteiger partial charge in [0.15, 0.2) is 0 Å². The Morgan fingerprint density at radius 1 is 0.778 bits per heavy atom. The van der Waals surface area contributed by atoms with E-state index in [2.05, 4.69) is 0 Å². The smallest absolute Gasteiger partial charge is 0.413 e. The van der Waals surface area contributed by atoms with Crippen LogP contribution in [0.25, 0.3) is 0 Å². The molecule has 1 aliphatic rings. The fourth-order valence-electron chi connectivity index (χ4n) is 0.869. The van der Waals surface area contributed by atoms with E-state index in [-0.39, 0.29) is 0 Å². The van der Waals surface area contributed by atoms with Gasteiger partial charge in [-0.25, -0.2) is 0 Å². The normalized spacial score (nSPS) is 23.1. The molecule has 3 heteroatoms. The van der Waals surface area contributed by atoms with Crippen molar-refractivity contribution in [1.82, 2.24) is 0 Å². The van der Waals surface area contributed by atoms with Crippen LogP contribution < -0.4 is 0 Å². The molecule has 1 heterocycles. The van der Waals surface area contributed by atoms with Crippen molar-refractivity contribution < 1.29 is 9.31 Å². The van der Waals surface area contributed by atoms with Crippen molar-refractivity contribution in [1.29, 1.82) is 0 Å². The first-order valence-corrected chi connectivity index (χ1v) is 3.55. The van der Waals surface area contributed by atoms with Crippen LogP contribution >= 0.6 is 0 Å². The lowest BCUT2D eigenvalue weighted by molar-refractivity contribution is 0.228. The summed E-state index contributed by atoms with van der Waals surface area (Å²) in [6, 6.07) is 0. The molecular formula is C6H12BO2. The second-order valence-corrected chi connectivity index (χ2v) is 2.25. The van der Waals surface area contributed by atoms with Crippen LogP contribution in [0.2, 0.25) is 0 Å². The van der Waals surface area contributed by atoms with E-state index in [4.69, 9.17) is 9.31 Å². The van der Waals surface area contributed by atoms with Gasteiger partial charge < -0.3 is 9.31 Å². The minimum atomic E-state index is 0.819. The van der Waals surface area contributed by atoms with Gasteiger partial charge in [-0.3, -0.25) is 0 Å². The minimum Gasteiger partial charge on any atom is -0.413 e. The fraction of sp³-hybridized carbons (Fsp3) is 1.00. The maximum Gasteiger partial charge on any atom is 0.487 e. The second kappa shape index (κ2) is 4.83. The van der Waals surface area contributed by atoms with E-state index in [1.54, 1.807) is 0 Å². The summed E-state index contributed by atoms with van der Waals surface area (Å²) in [5, 5.41) is 0. The van der Waals surface area contributed by atoms with Crippen molar-refractivity contribution >= 4 is 7.69 Å². The molecule has 51 valence electrons. The summed E-state index contributed by atoms with van der Waals surface area (Å²) in [5.74, 6) is 0. The molecule has 0 unspecified atom stereocenters. The SMILES string of the molecule is [B]1OCCCCCCO1. The van der Waals surface area contributed by atoms with Crippen LogP contribution in [-0.2, 0) is 9.31 Å². The van der Waals surface area contributed by atoms with Gasteiger partial charge in [-0.15, -0.1) is 0 Å². The lowest BCUT2D eigenvalue weighted by atomic mass is 10.2. The average Bonchev–Trinajstić information content (AvgIpc) is 2.00. The predicted octanol–water partition coefficient (Wildman–Crippen LogP) is 1.13. The first-order valence-electron chi connectivity index (χ1n) is 3.55. The molecule has 0 N–H and O–H groups in total. The molecular weight excluding hydrogens is 115 g/mol. The van der Waals surface area contributed by atoms with Gasteiger partial charge in [-0.05, 0) is 12.8 Å². The third-order valence-corrected chi connectivity index (χ3v) is 1.41. The molecule has 0 saturated carbocycles. The molecule has 0 aromatic rings. The molecule has 0 spiro atoms. The van der Waals surface area contributed by atoms with Gasteiger partial charge in [-0.2, -0.15) is 0 Å². The highest BCUT2D eigenvalue weighted by Gasteiger charge is 1.98. The average molecular weight is 127 g/mol. The number of hydrogen-bond acceptors (Lipinski definition) is 2. The monoisotopic (exact) mass is 127 g/mol. The summed E-state index contributed by atoms with van der Waals surface area (Å²) in [6.07, 6.45) is 4.88. The molecule has 0 amide bonds. The van der Waals surface area contributed by atoms with Crippen LogP contribution in [0.4, 0.5) is 0 Å². The zero-order valence-corrected chi connectivity index (χ0v) is 5.64. The highest BCUT2D eigenvalue weighted by atomic mass is 16.6. The number of hydrogen-bond donors (Lipinski definition) is 0.